The van der Waals surface area contributed by atoms with Crippen LogP contribution in [-0.4, -0.2) is 34.1 Å². The van der Waals surface area contributed by atoms with E-state index in [4.69, 9.17) is 0 Å². The molecule has 10 atom stereocenters. The first kappa shape index (κ1) is 19.2. The number of rotatable bonds is 4. The largest absolute Gasteiger partial charge is 0.396 e. The molecule has 4 aliphatic carbocycles. The van der Waals surface area contributed by atoms with Crippen molar-refractivity contribution in [2.75, 3.05) is 6.61 Å². The zero-order chi connectivity index (χ0) is 18.5. The van der Waals surface area contributed by atoms with Crippen molar-refractivity contribution < 1.29 is 15.3 Å². The van der Waals surface area contributed by atoms with Gasteiger partial charge in [-0.15, -0.1) is 0 Å². The fourth-order valence-electron chi connectivity index (χ4n) is 8.43. The van der Waals surface area contributed by atoms with Crippen LogP contribution in [0.1, 0.15) is 78.1 Å². The van der Waals surface area contributed by atoms with E-state index in [9.17, 15) is 15.3 Å². The Hall–Kier alpha value is -0.120. The molecule has 0 radical (unpaired) electrons. The average Bonchev–Trinajstić information content (AvgIpc) is 2.96. The summed E-state index contributed by atoms with van der Waals surface area (Å²) in [6, 6.07) is 0. The van der Waals surface area contributed by atoms with Gasteiger partial charge in [-0.25, -0.2) is 0 Å². The quantitative estimate of drug-likeness (QED) is 0.707. The third-order valence-corrected chi connectivity index (χ3v) is 9.51. The Morgan fingerprint density at radius 3 is 2.58 bits per heavy atom. The van der Waals surface area contributed by atoms with Crippen molar-refractivity contribution in [3.8, 4) is 0 Å². The topological polar surface area (TPSA) is 60.7 Å². The van der Waals surface area contributed by atoms with Gasteiger partial charge in [0.2, 0.25) is 0 Å². The Balaban J connectivity index is 1.53. The van der Waals surface area contributed by atoms with Gasteiger partial charge in [-0.3, -0.25) is 0 Å². The second kappa shape index (κ2) is 7.37. The Labute approximate surface area is 159 Å². The number of hydrogen-bond acceptors (Lipinski definition) is 3. The van der Waals surface area contributed by atoms with E-state index in [1.54, 1.807) is 0 Å². The normalized spacial score (nSPS) is 52.0. The first-order valence-electron chi connectivity index (χ1n) is 11.4. The molecule has 150 valence electrons. The third-order valence-electron chi connectivity index (χ3n) is 9.51. The van der Waals surface area contributed by atoms with Crippen molar-refractivity contribution in [2.45, 2.75) is 90.3 Å². The van der Waals surface area contributed by atoms with Crippen molar-refractivity contribution in [1.29, 1.82) is 0 Å². The number of aliphatic hydroxyl groups excluding tert-OH is 3. The molecule has 0 heterocycles. The van der Waals surface area contributed by atoms with Crippen LogP contribution in [0.3, 0.4) is 0 Å². The standard InChI is InChI=1S/C23H40O3/c1-14(4-3-11-24)19-7-8-20-22-18(9-10-23(19,20)2)17-6-5-16(25)12-15(17)13-21(22)26/h14-22,24-26H,3-13H2,1-2H3/t14-,15+,16-,17+,18-,19-,20+,21-,22-,23-/m1/s1. The predicted molar refractivity (Wildman–Crippen MR) is 103 cm³/mol. The summed E-state index contributed by atoms with van der Waals surface area (Å²) < 4.78 is 0. The summed E-state index contributed by atoms with van der Waals surface area (Å²) in [6.07, 6.45) is 11.0. The lowest BCUT2D eigenvalue weighted by atomic mass is 9.48. The van der Waals surface area contributed by atoms with Crippen LogP contribution in [0.15, 0.2) is 0 Å². The Bertz CT molecular complexity index is 494. The summed E-state index contributed by atoms with van der Waals surface area (Å²) in [5.41, 5.74) is 0.387. The van der Waals surface area contributed by atoms with Crippen LogP contribution < -0.4 is 0 Å². The first-order valence-corrected chi connectivity index (χ1v) is 11.4. The Kier molecular flexibility index (Phi) is 5.44. The fourth-order valence-corrected chi connectivity index (χ4v) is 8.43. The SMILES string of the molecule is C[C@H](CCCO)[C@H]1CC[C@H]2[C@H]3[C@H](CC[C@]12C)[C@H]1CC[C@@H](O)C[C@H]1C[C@H]3O. The molecule has 3 N–H and O–H groups in total. The molecule has 26 heavy (non-hydrogen) atoms. The van der Waals surface area contributed by atoms with Gasteiger partial charge >= 0.3 is 0 Å². The van der Waals surface area contributed by atoms with Crippen LogP contribution in [0.4, 0.5) is 0 Å². The highest BCUT2D eigenvalue weighted by Crippen LogP contribution is 2.65. The molecule has 4 saturated carbocycles. The fraction of sp³-hybridized carbons (Fsp3) is 1.00. The molecule has 0 aromatic carbocycles. The van der Waals surface area contributed by atoms with Crippen molar-refractivity contribution in [2.24, 2.45) is 46.8 Å². The number of fused-ring (bicyclic) bond motifs is 5. The molecule has 4 fully saturated rings. The van der Waals surface area contributed by atoms with Gasteiger partial charge in [0, 0.05) is 6.61 Å². The van der Waals surface area contributed by atoms with Gasteiger partial charge in [0.15, 0.2) is 0 Å². The summed E-state index contributed by atoms with van der Waals surface area (Å²) in [4.78, 5) is 0. The van der Waals surface area contributed by atoms with E-state index < -0.39 is 0 Å². The minimum Gasteiger partial charge on any atom is -0.396 e. The molecular weight excluding hydrogens is 324 g/mol. The second-order valence-corrected chi connectivity index (χ2v) is 10.6. The molecule has 0 unspecified atom stereocenters. The van der Waals surface area contributed by atoms with Gasteiger partial charge in [-0.2, -0.15) is 0 Å². The molecule has 0 aromatic rings. The molecule has 0 bridgehead atoms. The first-order chi connectivity index (χ1) is 12.5. The van der Waals surface area contributed by atoms with Gasteiger partial charge in [0.25, 0.3) is 0 Å². The molecule has 3 nitrogen and oxygen atoms in total. The minimum atomic E-state index is -0.150. The maximum Gasteiger partial charge on any atom is 0.0576 e. The summed E-state index contributed by atoms with van der Waals surface area (Å²) in [6.45, 7) is 5.25. The lowest BCUT2D eigenvalue weighted by Gasteiger charge is -2.58. The maximum absolute atomic E-state index is 11.1. The van der Waals surface area contributed by atoms with Crippen LogP contribution >= 0.6 is 0 Å². The van der Waals surface area contributed by atoms with Crippen LogP contribution in [0, 0.1) is 46.8 Å². The van der Waals surface area contributed by atoms with Gasteiger partial charge in [-0.05, 0) is 111 Å². The highest BCUT2D eigenvalue weighted by molar-refractivity contribution is 5.08. The molecule has 3 heteroatoms. The molecule has 0 saturated heterocycles. The highest BCUT2D eigenvalue weighted by atomic mass is 16.3. The molecular formula is C23H40O3. The van der Waals surface area contributed by atoms with E-state index in [1.165, 1.54) is 32.1 Å². The second-order valence-electron chi connectivity index (χ2n) is 10.6. The molecule has 0 spiro atoms. The van der Waals surface area contributed by atoms with Crippen LogP contribution in [-0.2, 0) is 0 Å². The number of aliphatic hydroxyl groups is 3. The van der Waals surface area contributed by atoms with E-state index in [2.05, 4.69) is 13.8 Å². The zero-order valence-electron chi connectivity index (χ0n) is 16.8. The lowest BCUT2D eigenvalue weighted by Crippen LogP contribution is -2.54. The summed E-state index contributed by atoms with van der Waals surface area (Å²) in [7, 11) is 0. The van der Waals surface area contributed by atoms with Crippen LogP contribution in [0.2, 0.25) is 0 Å². The Morgan fingerprint density at radius 2 is 1.81 bits per heavy atom. The zero-order valence-corrected chi connectivity index (χ0v) is 16.8. The van der Waals surface area contributed by atoms with E-state index in [0.717, 1.165) is 43.9 Å². The minimum absolute atomic E-state index is 0.128. The summed E-state index contributed by atoms with van der Waals surface area (Å²) in [5.74, 6) is 4.64. The molecule has 0 amide bonds. The summed E-state index contributed by atoms with van der Waals surface area (Å²) in [5, 5.41) is 30.5. The summed E-state index contributed by atoms with van der Waals surface area (Å²) >= 11 is 0. The molecule has 0 aliphatic heterocycles. The number of hydrogen-bond donors (Lipinski definition) is 3. The smallest absolute Gasteiger partial charge is 0.0576 e. The molecule has 4 rings (SSSR count). The van der Waals surface area contributed by atoms with E-state index in [-0.39, 0.29) is 12.2 Å². The van der Waals surface area contributed by atoms with Crippen molar-refractivity contribution in [1.82, 2.24) is 0 Å². The van der Waals surface area contributed by atoms with Crippen molar-refractivity contribution >= 4 is 0 Å². The van der Waals surface area contributed by atoms with E-state index in [1.807, 2.05) is 0 Å². The van der Waals surface area contributed by atoms with Crippen LogP contribution in [0.25, 0.3) is 0 Å². The van der Waals surface area contributed by atoms with Gasteiger partial charge in [0.05, 0.1) is 12.2 Å². The predicted octanol–water partition coefficient (Wildman–Crippen LogP) is 4.00. The van der Waals surface area contributed by atoms with Gasteiger partial charge in [-0.1, -0.05) is 13.8 Å². The van der Waals surface area contributed by atoms with Gasteiger partial charge in [0.1, 0.15) is 0 Å². The molecule has 0 aromatic heterocycles. The maximum atomic E-state index is 11.1. The van der Waals surface area contributed by atoms with Gasteiger partial charge < -0.3 is 15.3 Å². The monoisotopic (exact) mass is 364 g/mol. The van der Waals surface area contributed by atoms with E-state index >= 15 is 0 Å². The lowest BCUT2D eigenvalue weighted by molar-refractivity contribution is -0.136. The van der Waals surface area contributed by atoms with Crippen molar-refractivity contribution in [3.63, 3.8) is 0 Å². The highest BCUT2D eigenvalue weighted by Gasteiger charge is 2.59. The molecule has 4 aliphatic rings. The van der Waals surface area contributed by atoms with Crippen molar-refractivity contribution in [3.05, 3.63) is 0 Å². The Morgan fingerprint density at radius 1 is 1.00 bits per heavy atom. The van der Waals surface area contributed by atoms with E-state index in [0.29, 0.717) is 41.6 Å². The average molecular weight is 365 g/mol. The third kappa shape index (κ3) is 3.06. The van der Waals surface area contributed by atoms with Crippen LogP contribution in [0.5, 0.6) is 0 Å².